The molecule has 1 N–H and O–H groups in total. The number of carbonyl (C=O) groups is 1. The van der Waals surface area contributed by atoms with Gasteiger partial charge in [-0.2, -0.15) is 8.78 Å². The first kappa shape index (κ1) is 17.5. The van der Waals surface area contributed by atoms with Crippen LogP contribution in [-0.4, -0.2) is 42.3 Å². The molecule has 5 nitrogen and oxygen atoms in total. The van der Waals surface area contributed by atoms with E-state index in [-0.39, 0.29) is 17.5 Å². The predicted octanol–water partition coefficient (Wildman–Crippen LogP) is 2.98. The Hall–Kier alpha value is -1.89. The van der Waals surface area contributed by atoms with E-state index in [4.69, 9.17) is 4.74 Å². The Morgan fingerprint density at radius 1 is 1.43 bits per heavy atom. The average molecular weight is 329 g/mol. The minimum absolute atomic E-state index is 0.0144. The fourth-order valence-corrected chi connectivity index (χ4v) is 3.01. The largest absolute Gasteiger partial charge is 0.493 e. The second-order valence-corrected chi connectivity index (χ2v) is 5.66. The van der Waals surface area contributed by atoms with Crippen LogP contribution in [0.3, 0.4) is 0 Å². The van der Waals surface area contributed by atoms with Gasteiger partial charge in [-0.1, -0.05) is 6.07 Å². The number of hydrogen-bond acceptors (Lipinski definition) is 4. The minimum atomic E-state index is -2.93. The van der Waals surface area contributed by atoms with Gasteiger partial charge in [-0.25, -0.2) is 0 Å². The molecule has 0 saturated carbocycles. The standard InChI is InChI=1S/C16H21F2NO4/c1-10-12(15(20)21)4-3-7-19(10)9-11-5-6-13(22-2)14(8-11)23-16(17)18/h5-6,8,10,12,16H,3-4,7,9H2,1-2H3,(H,20,21)/t10-,12-/m0/s1. The van der Waals surface area contributed by atoms with E-state index in [1.54, 1.807) is 12.1 Å². The van der Waals surface area contributed by atoms with Crippen LogP contribution in [0.25, 0.3) is 0 Å². The number of likely N-dealkylation sites (tertiary alicyclic amines) is 1. The van der Waals surface area contributed by atoms with Gasteiger partial charge in [-0.3, -0.25) is 9.69 Å². The summed E-state index contributed by atoms with van der Waals surface area (Å²) in [7, 11) is 1.39. The van der Waals surface area contributed by atoms with Crippen molar-refractivity contribution in [2.45, 2.75) is 39.0 Å². The number of carboxylic acid groups (broad SMARTS) is 1. The van der Waals surface area contributed by atoms with Gasteiger partial charge in [-0.15, -0.1) is 0 Å². The lowest BCUT2D eigenvalue weighted by atomic mass is 9.90. The van der Waals surface area contributed by atoms with Gasteiger partial charge in [0, 0.05) is 12.6 Å². The highest BCUT2D eigenvalue weighted by Gasteiger charge is 2.32. The number of piperidine rings is 1. The van der Waals surface area contributed by atoms with Crippen molar-refractivity contribution in [1.82, 2.24) is 4.90 Å². The maximum atomic E-state index is 12.5. The molecule has 1 aromatic rings. The maximum Gasteiger partial charge on any atom is 0.387 e. The summed E-state index contributed by atoms with van der Waals surface area (Å²) in [5, 5.41) is 9.26. The second-order valence-electron chi connectivity index (χ2n) is 5.66. The van der Waals surface area contributed by atoms with Crippen molar-refractivity contribution in [3.63, 3.8) is 0 Å². The first-order chi connectivity index (χ1) is 10.9. The first-order valence-corrected chi connectivity index (χ1v) is 7.51. The molecule has 1 aliphatic rings. The molecule has 1 saturated heterocycles. The number of carboxylic acids is 1. The zero-order chi connectivity index (χ0) is 17.0. The lowest BCUT2D eigenvalue weighted by Crippen LogP contribution is -2.45. The molecule has 0 bridgehead atoms. The summed E-state index contributed by atoms with van der Waals surface area (Å²) in [6, 6.07) is 4.76. The van der Waals surface area contributed by atoms with Gasteiger partial charge in [0.25, 0.3) is 0 Å². The molecule has 2 rings (SSSR count). The first-order valence-electron chi connectivity index (χ1n) is 7.51. The van der Waals surface area contributed by atoms with Gasteiger partial charge in [-0.05, 0) is 44.0 Å². The van der Waals surface area contributed by atoms with E-state index in [0.717, 1.165) is 18.5 Å². The number of nitrogens with zero attached hydrogens (tertiary/aromatic N) is 1. The van der Waals surface area contributed by atoms with Crippen molar-refractivity contribution in [1.29, 1.82) is 0 Å². The Morgan fingerprint density at radius 2 is 2.17 bits per heavy atom. The number of rotatable bonds is 6. The molecule has 0 amide bonds. The van der Waals surface area contributed by atoms with Crippen molar-refractivity contribution in [2.24, 2.45) is 5.92 Å². The molecule has 0 spiro atoms. The Kier molecular flexibility index (Phi) is 5.76. The van der Waals surface area contributed by atoms with Crippen molar-refractivity contribution < 1.29 is 28.2 Å². The zero-order valence-electron chi connectivity index (χ0n) is 13.2. The molecule has 0 aliphatic carbocycles. The van der Waals surface area contributed by atoms with Crippen molar-refractivity contribution in [3.05, 3.63) is 23.8 Å². The van der Waals surface area contributed by atoms with Crippen LogP contribution < -0.4 is 9.47 Å². The Bertz CT molecular complexity index is 553. The third-order valence-corrected chi connectivity index (χ3v) is 4.27. The molecule has 0 aromatic heterocycles. The quantitative estimate of drug-likeness (QED) is 0.869. The van der Waals surface area contributed by atoms with Crippen LogP contribution >= 0.6 is 0 Å². The fraction of sp³-hybridized carbons (Fsp3) is 0.562. The van der Waals surface area contributed by atoms with Crippen LogP contribution in [0, 0.1) is 5.92 Å². The summed E-state index contributed by atoms with van der Waals surface area (Å²) < 4.78 is 34.4. The van der Waals surface area contributed by atoms with Gasteiger partial charge < -0.3 is 14.6 Å². The van der Waals surface area contributed by atoms with Crippen LogP contribution in [0.5, 0.6) is 11.5 Å². The Balaban J connectivity index is 2.14. The lowest BCUT2D eigenvalue weighted by Gasteiger charge is -2.37. The normalized spacial score (nSPS) is 22.1. The Labute approximate surface area is 133 Å². The summed E-state index contributed by atoms with van der Waals surface area (Å²) in [4.78, 5) is 13.3. The SMILES string of the molecule is COc1ccc(CN2CCC[C@H](C(=O)O)[C@@H]2C)cc1OC(F)F. The number of benzene rings is 1. The average Bonchev–Trinajstić information content (AvgIpc) is 2.49. The van der Waals surface area contributed by atoms with Gasteiger partial charge in [0.05, 0.1) is 13.0 Å². The fourth-order valence-electron chi connectivity index (χ4n) is 3.01. The van der Waals surface area contributed by atoms with E-state index in [2.05, 4.69) is 9.64 Å². The smallest absolute Gasteiger partial charge is 0.387 e. The van der Waals surface area contributed by atoms with Crippen molar-refractivity contribution in [2.75, 3.05) is 13.7 Å². The van der Waals surface area contributed by atoms with Crippen LogP contribution in [-0.2, 0) is 11.3 Å². The molecule has 23 heavy (non-hydrogen) atoms. The Morgan fingerprint density at radius 3 is 2.78 bits per heavy atom. The third-order valence-electron chi connectivity index (χ3n) is 4.27. The molecular formula is C16H21F2NO4. The van der Waals surface area contributed by atoms with E-state index in [0.29, 0.717) is 13.0 Å². The monoisotopic (exact) mass is 329 g/mol. The van der Waals surface area contributed by atoms with E-state index >= 15 is 0 Å². The van der Waals surface area contributed by atoms with E-state index in [1.165, 1.54) is 13.2 Å². The van der Waals surface area contributed by atoms with Gasteiger partial charge in [0.2, 0.25) is 0 Å². The number of aliphatic carboxylic acids is 1. The molecule has 0 unspecified atom stereocenters. The molecule has 1 aliphatic heterocycles. The molecule has 7 heteroatoms. The highest BCUT2D eigenvalue weighted by molar-refractivity contribution is 5.71. The number of halogens is 2. The maximum absolute atomic E-state index is 12.5. The van der Waals surface area contributed by atoms with E-state index in [1.807, 2.05) is 6.92 Å². The predicted molar refractivity (Wildman–Crippen MR) is 79.9 cm³/mol. The molecule has 128 valence electrons. The molecule has 1 fully saturated rings. The van der Waals surface area contributed by atoms with Crippen LogP contribution in [0.15, 0.2) is 18.2 Å². The van der Waals surface area contributed by atoms with Crippen LogP contribution in [0.1, 0.15) is 25.3 Å². The molecule has 1 heterocycles. The van der Waals surface area contributed by atoms with Crippen molar-refractivity contribution >= 4 is 5.97 Å². The highest BCUT2D eigenvalue weighted by atomic mass is 19.3. The lowest BCUT2D eigenvalue weighted by molar-refractivity contribution is -0.145. The second kappa shape index (κ2) is 7.59. The summed E-state index contributed by atoms with van der Waals surface area (Å²) in [6.45, 7) is 0.221. The van der Waals surface area contributed by atoms with Crippen LogP contribution in [0.2, 0.25) is 0 Å². The summed E-state index contributed by atoms with van der Waals surface area (Å²) in [5.41, 5.74) is 0.777. The summed E-state index contributed by atoms with van der Waals surface area (Å²) in [6.07, 6.45) is 1.47. The van der Waals surface area contributed by atoms with Crippen LogP contribution in [0.4, 0.5) is 8.78 Å². The van der Waals surface area contributed by atoms with Crippen molar-refractivity contribution in [3.8, 4) is 11.5 Å². The molecule has 1 aromatic carbocycles. The molecular weight excluding hydrogens is 308 g/mol. The third kappa shape index (κ3) is 4.31. The number of hydrogen-bond donors (Lipinski definition) is 1. The summed E-state index contributed by atoms with van der Waals surface area (Å²) in [5.74, 6) is -0.971. The summed E-state index contributed by atoms with van der Waals surface area (Å²) >= 11 is 0. The van der Waals surface area contributed by atoms with E-state index in [9.17, 15) is 18.7 Å². The van der Waals surface area contributed by atoms with E-state index < -0.39 is 18.5 Å². The highest BCUT2D eigenvalue weighted by Crippen LogP contribution is 2.31. The number of alkyl halides is 2. The minimum Gasteiger partial charge on any atom is -0.493 e. The number of methoxy groups -OCH3 is 1. The molecule has 0 radical (unpaired) electrons. The topological polar surface area (TPSA) is 59.0 Å². The number of ether oxygens (including phenoxy) is 2. The van der Waals surface area contributed by atoms with Gasteiger partial charge >= 0.3 is 12.6 Å². The molecule has 2 atom stereocenters. The van der Waals surface area contributed by atoms with Gasteiger partial charge in [0.1, 0.15) is 0 Å². The van der Waals surface area contributed by atoms with Gasteiger partial charge in [0.15, 0.2) is 11.5 Å². The zero-order valence-corrected chi connectivity index (χ0v) is 13.2.